The van der Waals surface area contributed by atoms with Crippen LogP contribution in [0.15, 0.2) is 18.2 Å². The predicted octanol–water partition coefficient (Wildman–Crippen LogP) is 2.16. The number of nitrogens with zero attached hydrogens (tertiary/aromatic N) is 1. The summed E-state index contributed by atoms with van der Waals surface area (Å²) < 4.78 is 5.98. The van der Waals surface area contributed by atoms with Gasteiger partial charge in [-0.2, -0.15) is 0 Å². The molecule has 0 amide bonds. The number of hydrogen-bond acceptors (Lipinski definition) is 3. The van der Waals surface area contributed by atoms with Crippen LogP contribution in [-0.4, -0.2) is 37.1 Å². The topological polar surface area (TPSA) is 74.4 Å². The van der Waals surface area contributed by atoms with Gasteiger partial charge in [-0.1, -0.05) is 6.07 Å². The largest absolute Gasteiger partial charge is 0.493 e. The molecule has 7 heteroatoms. The normalized spacial score (nSPS) is 17.5. The molecule has 23 heavy (non-hydrogen) atoms. The van der Waals surface area contributed by atoms with Gasteiger partial charge in [0, 0.05) is 13.1 Å². The van der Waals surface area contributed by atoms with Gasteiger partial charge in [-0.05, 0) is 61.5 Å². The Morgan fingerprint density at radius 1 is 1.26 bits per heavy atom. The number of halogens is 2. The first-order valence-electron chi connectivity index (χ1n) is 7.76. The quantitative estimate of drug-likeness (QED) is 0.570. The van der Waals surface area contributed by atoms with Crippen molar-refractivity contribution in [3.63, 3.8) is 0 Å². The molecule has 2 aliphatic rings. The van der Waals surface area contributed by atoms with Crippen LogP contribution < -0.4 is 15.8 Å². The van der Waals surface area contributed by atoms with Crippen LogP contribution in [0.25, 0.3) is 0 Å². The first-order valence-corrected chi connectivity index (χ1v) is 7.76. The Kier molecular flexibility index (Phi) is 7.95. The van der Waals surface area contributed by atoms with Gasteiger partial charge in [-0.15, -0.1) is 24.8 Å². The average Bonchev–Trinajstić information content (AvgIpc) is 2.53. The zero-order valence-electron chi connectivity index (χ0n) is 13.2. The molecule has 4 N–H and O–H groups in total. The van der Waals surface area contributed by atoms with Crippen LogP contribution in [0.5, 0.6) is 5.75 Å². The number of fused-ring (bicyclic) bond motifs is 1. The van der Waals surface area contributed by atoms with Gasteiger partial charge in [0.15, 0.2) is 5.96 Å². The lowest BCUT2D eigenvalue weighted by Crippen LogP contribution is -2.40. The molecule has 0 spiro atoms. The minimum Gasteiger partial charge on any atom is -0.493 e. The highest BCUT2D eigenvalue weighted by Crippen LogP contribution is 2.24. The van der Waals surface area contributed by atoms with Crippen molar-refractivity contribution in [1.82, 2.24) is 10.2 Å². The summed E-state index contributed by atoms with van der Waals surface area (Å²) in [5.74, 6) is 1.76. The van der Waals surface area contributed by atoms with E-state index in [4.69, 9.17) is 15.9 Å². The van der Waals surface area contributed by atoms with E-state index in [0.29, 0.717) is 5.92 Å². The second kappa shape index (κ2) is 9.21. The van der Waals surface area contributed by atoms with E-state index in [1.807, 2.05) is 4.90 Å². The molecule has 0 atom stereocenters. The SMILES string of the molecule is Cl.Cl.N=C(N)N1CCc2ccc(OCC3CCNCC3)cc2C1. The summed E-state index contributed by atoms with van der Waals surface area (Å²) in [6.07, 6.45) is 3.34. The van der Waals surface area contributed by atoms with Crippen LogP contribution in [-0.2, 0) is 13.0 Å². The van der Waals surface area contributed by atoms with Crippen LogP contribution in [0.4, 0.5) is 0 Å². The lowest BCUT2D eigenvalue weighted by molar-refractivity contribution is 0.215. The fraction of sp³-hybridized carbons (Fsp3) is 0.562. The van der Waals surface area contributed by atoms with Crippen molar-refractivity contribution >= 4 is 30.8 Å². The minimum absolute atomic E-state index is 0. The van der Waals surface area contributed by atoms with E-state index < -0.39 is 0 Å². The van der Waals surface area contributed by atoms with Gasteiger partial charge >= 0.3 is 0 Å². The number of nitrogens with two attached hydrogens (primary N) is 1. The van der Waals surface area contributed by atoms with E-state index in [2.05, 4.69) is 23.5 Å². The lowest BCUT2D eigenvalue weighted by atomic mass is 9.98. The molecule has 2 aliphatic heterocycles. The zero-order chi connectivity index (χ0) is 14.7. The van der Waals surface area contributed by atoms with Crippen molar-refractivity contribution in [2.45, 2.75) is 25.8 Å². The Labute approximate surface area is 150 Å². The number of rotatable bonds is 3. The van der Waals surface area contributed by atoms with Crippen molar-refractivity contribution in [3.05, 3.63) is 29.3 Å². The van der Waals surface area contributed by atoms with Crippen molar-refractivity contribution in [1.29, 1.82) is 5.41 Å². The molecule has 130 valence electrons. The number of ether oxygens (including phenoxy) is 1. The van der Waals surface area contributed by atoms with Crippen molar-refractivity contribution < 1.29 is 4.74 Å². The van der Waals surface area contributed by atoms with E-state index in [0.717, 1.165) is 45.0 Å². The Morgan fingerprint density at radius 3 is 2.70 bits per heavy atom. The number of piperidine rings is 1. The number of hydrogen-bond donors (Lipinski definition) is 3. The Morgan fingerprint density at radius 2 is 2.00 bits per heavy atom. The van der Waals surface area contributed by atoms with Crippen molar-refractivity contribution in [2.24, 2.45) is 11.7 Å². The lowest BCUT2D eigenvalue weighted by Gasteiger charge is -2.29. The summed E-state index contributed by atoms with van der Waals surface area (Å²) in [5, 5.41) is 10.9. The maximum atomic E-state index is 7.57. The zero-order valence-corrected chi connectivity index (χ0v) is 14.8. The van der Waals surface area contributed by atoms with Crippen LogP contribution >= 0.6 is 24.8 Å². The summed E-state index contributed by atoms with van der Waals surface area (Å²) >= 11 is 0. The fourth-order valence-corrected chi connectivity index (χ4v) is 3.09. The van der Waals surface area contributed by atoms with Gasteiger partial charge < -0.3 is 20.7 Å². The van der Waals surface area contributed by atoms with Gasteiger partial charge in [-0.3, -0.25) is 5.41 Å². The highest BCUT2D eigenvalue weighted by Gasteiger charge is 2.18. The highest BCUT2D eigenvalue weighted by molar-refractivity contribution is 5.85. The Bertz CT molecular complexity index is 521. The molecule has 3 rings (SSSR count). The predicted molar refractivity (Wildman–Crippen MR) is 98.1 cm³/mol. The van der Waals surface area contributed by atoms with E-state index in [9.17, 15) is 0 Å². The Hall–Kier alpha value is -1.17. The number of benzene rings is 1. The summed E-state index contributed by atoms with van der Waals surface area (Å²) in [7, 11) is 0. The molecule has 0 aromatic heterocycles. The van der Waals surface area contributed by atoms with Gasteiger partial charge in [0.05, 0.1) is 6.61 Å². The van der Waals surface area contributed by atoms with E-state index in [1.165, 1.54) is 24.0 Å². The second-order valence-corrected chi connectivity index (χ2v) is 5.99. The summed E-state index contributed by atoms with van der Waals surface area (Å²) in [6, 6.07) is 6.35. The molecule has 0 bridgehead atoms. The molecular weight excluding hydrogens is 335 g/mol. The fourth-order valence-electron chi connectivity index (χ4n) is 3.09. The van der Waals surface area contributed by atoms with Crippen LogP contribution in [0, 0.1) is 11.3 Å². The molecule has 0 unspecified atom stereocenters. The summed E-state index contributed by atoms with van der Waals surface area (Å²) in [5.41, 5.74) is 8.17. The van der Waals surface area contributed by atoms with E-state index in [1.54, 1.807) is 0 Å². The molecule has 1 aromatic rings. The summed E-state index contributed by atoms with van der Waals surface area (Å²) in [6.45, 7) is 4.56. The molecule has 0 saturated carbocycles. The molecule has 0 aliphatic carbocycles. The van der Waals surface area contributed by atoms with Crippen LogP contribution in [0.1, 0.15) is 24.0 Å². The average molecular weight is 361 g/mol. The molecule has 5 nitrogen and oxygen atoms in total. The minimum atomic E-state index is 0. The van der Waals surface area contributed by atoms with Crippen LogP contribution in [0.2, 0.25) is 0 Å². The molecule has 0 radical (unpaired) electrons. The monoisotopic (exact) mass is 360 g/mol. The van der Waals surface area contributed by atoms with Gasteiger partial charge in [0.2, 0.25) is 0 Å². The van der Waals surface area contributed by atoms with E-state index >= 15 is 0 Å². The first-order chi connectivity index (χ1) is 10.2. The molecule has 1 fully saturated rings. The number of nitrogens with one attached hydrogen (secondary N) is 2. The third kappa shape index (κ3) is 5.16. The molecular formula is C16H26Cl2N4O. The first kappa shape index (κ1) is 19.9. The van der Waals surface area contributed by atoms with Crippen molar-refractivity contribution in [2.75, 3.05) is 26.2 Å². The number of guanidine groups is 1. The Balaban J connectivity index is 0.00000132. The smallest absolute Gasteiger partial charge is 0.188 e. The molecule has 1 aromatic carbocycles. The van der Waals surface area contributed by atoms with E-state index in [-0.39, 0.29) is 30.8 Å². The maximum Gasteiger partial charge on any atom is 0.188 e. The van der Waals surface area contributed by atoms with Gasteiger partial charge in [0.1, 0.15) is 5.75 Å². The molecule has 2 heterocycles. The summed E-state index contributed by atoms with van der Waals surface area (Å²) in [4.78, 5) is 1.90. The standard InChI is InChI=1S/C16H24N4O.2ClH/c17-16(18)20-8-5-13-1-2-15(9-14(13)10-20)21-11-12-3-6-19-7-4-12;;/h1-2,9,12,19H,3-8,10-11H2,(H3,17,18);2*1H. The van der Waals surface area contributed by atoms with Gasteiger partial charge in [-0.25, -0.2) is 0 Å². The second-order valence-electron chi connectivity index (χ2n) is 5.99. The third-order valence-electron chi connectivity index (χ3n) is 4.48. The highest BCUT2D eigenvalue weighted by atomic mass is 35.5. The van der Waals surface area contributed by atoms with Gasteiger partial charge in [0.25, 0.3) is 0 Å². The maximum absolute atomic E-state index is 7.57. The third-order valence-corrected chi connectivity index (χ3v) is 4.48. The van der Waals surface area contributed by atoms with Crippen molar-refractivity contribution in [3.8, 4) is 5.75 Å². The van der Waals surface area contributed by atoms with Crippen LogP contribution in [0.3, 0.4) is 0 Å². The molecule has 1 saturated heterocycles.